The second-order valence-corrected chi connectivity index (χ2v) is 4.84. The molecule has 2 aromatic rings. The number of hydrogen-bond donors (Lipinski definition) is 2. The first-order valence-corrected chi connectivity index (χ1v) is 6.03. The first-order chi connectivity index (χ1) is 8.72. The third-order valence-electron chi connectivity index (χ3n) is 3.46. The number of nitrogens with two attached hydrogens (primary N) is 1. The number of aromatic nitrogens is 2. The highest BCUT2D eigenvalue weighted by atomic mass is 16.5. The van der Waals surface area contributed by atoms with Crippen LogP contribution in [0.2, 0.25) is 0 Å². The van der Waals surface area contributed by atoms with Crippen molar-refractivity contribution in [2.45, 2.75) is 24.7 Å². The SMILES string of the molecule is NCC1(c2nc(Cc3ccc(O)cc3)no2)CC1. The van der Waals surface area contributed by atoms with Gasteiger partial charge in [-0.15, -0.1) is 0 Å². The summed E-state index contributed by atoms with van der Waals surface area (Å²) < 4.78 is 5.29. The largest absolute Gasteiger partial charge is 0.508 e. The average Bonchev–Trinajstić information content (AvgIpc) is 3.06. The van der Waals surface area contributed by atoms with Crippen molar-refractivity contribution >= 4 is 0 Å². The fourth-order valence-corrected chi connectivity index (χ4v) is 1.99. The van der Waals surface area contributed by atoms with Crippen LogP contribution >= 0.6 is 0 Å². The first kappa shape index (κ1) is 11.2. The first-order valence-electron chi connectivity index (χ1n) is 6.03. The lowest BCUT2D eigenvalue weighted by Crippen LogP contribution is -2.20. The van der Waals surface area contributed by atoms with Crippen LogP contribution < -0.4 is 5.73 Å². The summed E-state index contributed by atoms with van der Waals surface area (Å²) in [6, 6.07) is 7.00. The van der Waals surface area contributed by atoms with Gasteiger partial charge in [0.25, 0.3) is 0 Å². The Morgan fingerprint density at radius 1 is 1.28 bits per heavy atom. The van der Waals surface area contributed by atoms with Crippen LogP contribution in [0.4, 0.5) is 0 Å². The van der Waals surface area contributed by atoms with E-state index in [2.05, 4.69) is 10.1 Å². The van der Waals surface area contributed by atoms with Crippen molar-refractivity contribution in [2.75, 3.05) is 6.54 Å². The van der Waals surface area contributed by atoms with Crippen LogP contribution in [0.5, 0.6) is 5.75 Å². The third-order valence-corrected chi connectivity index (χ3v) is 3.46. The Morgan fingerprint density at radius 2 is 2.00 bits per heavy atom. The molecule has 0 bridgehead atoms. The zero-order valence-corrected chi connectivity index (χ0v) is 9.97. The maximum Gasteiger partial charge on any atom is 0.234 e. The topological polar surface area (TPSA) is 85.2 Å². The molecular formula is C13H15N3O2. The van der Waals surface area contributed by atoms with E-state index in [9.17, 15) is 5.11 Å². The van der Waals surface area contributed by atoms with Gasteiger partial charge in [-0.25, -0.2) is 0 Å². The van der Waals surface area contributed by atoms with E-state index in [4.69, 9.17) is 10.3 Å². The molecule has 0 amide bonds. The van der Waals surface area contributed by atoms with Crippen LogP contribution in [0.25, 0.3) is 0 Å². The number of rotatable bonds is 4. The number of hydrogen-bond acceptors (Lipinski definition) is 5. The zero-order chi connectivity index (χ0) is 12.6. The maximum absolute atomic E-state index is 9.21. The highest BCUT2D eigenvalue weighted by molar-refractivity contribution is 5.28. The number of benzene rings is 1. The minimum Gasteiger partial charge on any atom is -0.508 e. The molecule has 1 aromatic carbocycles. The standard InChI is InChI=1S/C13H15N3O2/c14-8-13(5-6-13)12-15-11(16-18-12)7-9-1-3-10(17)4-2-9/h1-4,17H,5-8,14H2. The molecule has 1 aliphatic rings. The van der Waals surface area contributed by atoms with Gasteiger partial charge in [0.15, 0.2) is 5.82 Å². The summed E-state index contributed by atoms with van der Waals surface area (Å²) in [7, 11) is 0. The van der Waals surface area contributed by atoms with E-state index in [0.29, 0.717) is 24.7 Å². The molecule has 1 saturated carbocycles. The van der Waals surface area contributed by atoms with Gasteiger partial charge in [0.2, 0.25) is 5.89 Å². The Morgan fingerprint density at radius 3 is 2.61 bits per heavy atom. The highest BCUT2D eigenvalue weighted by Gasteiger charge is 2.48. The summed E-state index contributed by atoms with van der Waals surface area (Å²) >= 11 is 0. The summed E-state index contributed by atoms with van der Waals surface area (Å²) in [5.74, 6) is 1.59. The predicted octanol–water partition coefficient (Wildman–Crippen LogP) is 1.36. The van der Waals surface area contributed by atoms with E-state index >= 15 is 0 Å². The quantitative estimate of drug-likeness (QED) is 0.849. The summed E-state index contributed by atoms with van der Waals surface area (Å²) in [4.78, 5) is 4.41. The van der Waals surface area contributed by atoms with Crippen molar-refractivity contribution < 1.29 is 9.63 Å². The van der Waals surface area contributed by atoms with Crippen LogP contribution in [0, 0.1) is 0 Å². The molecular weight excluding hydrogens is 230 g/mol. The number of nitrogens with zero attached hydrogens (tertiary/aromatic N) is 2. The second-order valence-electron chi connectivity index (χ2n) is 4.84. The van der Waals surface area contributed by atoms with Crippen molar-refractivity contribution in [3.05, 3.63) is 41.5 Å². The fourth-order valence-electron chi connectivity index (χ4n) is 1.99. The van der Waals surface area contributed by atoms with Gasteiger partial charge in [-0.2, -0.15) is 4.98 Å². The van der Waals surface area contributed by atoms with Crippen LogP contribution in [-0.4, -0.2) is 21.8 Å². The Labute approximate surface area is 105 Å². The minimum absolute atomic E-state index is 0.0554. The predicted molar refractivity (Wildman–Crippen MR) is 65.2 cm³/mol. The second kappa shape index (κ2) is 4.10. The van der Waals surface area contributed by atoms with Crippen LogP contribution in [0.1, 0.15) is 30.1 Å². The van der Waals surface area contributed by atoms with Gasteiger partial charge in [0, 0.05) is 13.0 Å². The van der Waals surface area contributed by atoms with Crippen molar-refractivity contribution in [1.29, 1.82) is 0 Å². The van der Waals surface area contributed by atoms with E-state index in [1.165, 1.54) is 0 Å². The van der Waals surface area contributed by atoms with Gasteiger partial charge < -0.3 is 15.4 Å². The van der Waals surface area contributed by atoms with Gasteiger partial charge >= 0.3 is 0 Å². The van der Waals surface area contributed by atoms with Gasteiger partial charge in [0.1, 0.15) is 5.75 Å². The minimum atomic E-state index is -0.0554. The van der Waals surface area contributed by atoms with Crippen molar-refractivity contribution in [3.8, 4) is 5.75 Å². The van der Waals surface area contributed by atoms with E-state index in [0.717, 1.165) is 18.4 Å². The highest BCUT2D eigenvalue weighted by Crippen LogP contribution is 2.46. The van der Waals surface area contributed by atoms with Crippen molar-refractivity contribution in [3.63, 3.8) is 0 Å². The van der Waals surface area contributed by atoms with E-state index < -0.39 is 0 Å². The van der Waals surface area contributed by atoms with E-state index in [1.54, 1.807) is 12.1 Å². The molecule has 0 saturated heterocycles. The molecule has 0 radical (unpaired) electrons. The number of phenols is 1. The molecule has 0 unspecified atom stereocenters. The summed E-state index contributed by atoms with van der Waals surface area (Å²) in [6.07, 6.45) is 2.67. The normalized spacial score (nSPS) is 16.7. The Balaban J connectivity index is 1.76. The molecule has 1 aliphatic carbocycles. The Hall–Kier alpha value is -1.88. The fraction of sp³-hybridized carbons (Fsp3) is 0.385. The summed E-state index contributed by atoms with van der Waals surface area (Å²) in [6.45, 7) is 0.563. The maximum atomic E-state index is 9.21. The molecule has 5 heteroatoms. The molecule has 1 fully saturated rings. The lowest BCUT2D eigenvalue weighted by molar-refractivity contribution is 0.344. The molecule has 94 valence electrons. The van der Waals surface area contributed by atoms with Crippen LogP contribution in [0.15, 0.2) is 28.8 Å². The molecule has 3 rings (SSSR count). The van der Waals surface area contributed by atoms with Gasteiger partial charge in [0.05, 0.1) is 5.41 Å². The Kier molecular flexibility index (Phi) is 2.56. The van der Waals surface area contributed by atoms with Gasteiger partial charge in [-0.3, -0.25) is 0 Å². The molecule has 0 atom stereocenters. The van der Waals surface area contributed by atoms with Crippen LogP contribution in [0.3, 0.4) is 0 Å². The molecule has 3 N–H and O–H groups in total. The number of phenolic OH excluding ortho intramolecular Hbond substituents is 1. The summed E-state index contributed by atoms with van der Waals surface area (Å²) in [5, 5.41) is 13.2. The number of aromatic hydroxyl groups is 1. The Bertz CT molecular complexity index is 544. The van der Waals surface area contributed by atoms with Crippen LogP contribution in [-0.2, 0) is 11.8 Å². The smallest absolute Gasteiger partial charge is 0.234 e. The van der Waals surface area contributed by atoms with E-state index in [-0.39, 0.29) is 11.2 Å². The lowest BCUT2D eigenvalue weighted by Gasteiger charge is -2.03. The lowest BCUT2D eigenvalue weighted by atomic mass is 10.1. The molecule has 1 aromatic heterocycles. The van der Waals surface area contributed by atoms with E-state index in [1.807, 2.05) is 12.1 Å². The zero-order valence-electron chi connectivity index (χ0n) is 9.97. The van der Waals surface area contributed by atoms with Crippen molar-refractivity contribution in [2.24, 2.45) is 5.73 Å². The molecule has 1 heterocycles. The molecule has 0 aliphatic heterocycles. The van der Waals surface area contributed by atoms with Gasteiger partial charge in [-0.1, -0.05) is 17.3 Å². The molecule has 5 nitrogen and oxygen atoms in total. The van der Waals surface area contributed by atoms with Crippen molar-refractivity contribution in [1.82, 2.24) is 10.1 Å². The summed E-state index contributed by atoms with van der Waals surface area (Å²) in [5.41, 5.74) is 6.71. The monoisotopic (exact) mass is 245 g/mol. The van der Waals surface area contributed by atoms with Gasteiger partial charge in [-0.05, 0) is 30.5 Å². The molecule has 0 spiro atoms. The average molecular weight is 245 g/mol. The molecule has 18 heavy (non-hydrogen) atoms. The third kappa shape index (κ3) is 1.97.